The first-order valence-electron chi connectivity index (χ1n) is 9.12. The number of nitrogens with zero attached hydrogens (tertiary/aromatic N) is 1. The van der Waals surface area contributed by atoms with Crippen LogP contribution in [0.1, 0.15) is 31.9 Å². The number of hydrogen-bond acceptors (Lipinski definition) is 7. The van der Waals surface area contributed by atoms with Crippen LogP contribution in [0.25, 0.3) is 0 Å². The zero-order chi connectivity index (χ0) is 22.2. The van der Waals surface area contributed by atoms with Crippen molar-refractivity contribution in [2.24, 2.45) is 0 Å². The minimum absolute atomic E-state index is 0.0359. The van der Waals surface area contributed by atoms with Crippen LogP contribution in [0, 0.1) is 0 Å². The van der Waals surface area contributed by atoms with E-state index in [9.17, 15) is 34.2 Å². The normalized spacial score (nSPS) is 24.9. The Morgan fingerprint density at radius 3 is 2.47 bits per heavy atom. The third-order valence-corrected chi connectivity index (χ3v) is 6.61. The molecule has 1 aromatic carbocycles. The molecule has 2 aliphatic heterocycles. The highest BCUT2D eigenvalue weighted by Crippen LogP contribution is 2.50. The average molecular weight is 435 g/mol. The Labute approximate surface area is 176 Å². The fourth-order valence-electron chi connectivity index (χ4n) is 3.64. The summed E-state index contributed by atoms with van der Waals surface area (Å²) in [7, 11) is 0. The monoisotopic (exact) mass is 435 g/mol. The van der Waals surface area contributed by atoms with Gasteiger partial charge < -0.3 is 30.5 Å². The Hall–Kier alpha value is -3.08. The predicted octanol–water partition coefficient (Wildman–Crippen LogP) is -0.230. The molecule has 2 heterocycles. The van der Waals surface area contributed by atoms with Gasteiger partial charge in [0.2, 0.25) is 17.7 Å². The van der Waals surface area contributed by atoms with Crippen molar-refractivity contribution < 1.29 is 34.2 Å². The quantitative estimate of drug-likeness (QED) is 0.260. The number of hydrogen-bond donors (Lipinski definition) is 4. The van der Waals surface area contributed by atoms with Crippen LogP contribution in [0.5, 0.6) is 5.75 Å². The highest BCUT2D eigenvalue weighted by atomic mass is 32.2. The summed E-state index contributed by atoms with van der Waals surface area (Å²) in [6, 6.07) is 2.40. The number of carbonyl (C=O) groups is 5. The van der Waals surface area contributed by atoms with Gasteiger partial charge in [0.25, 0.3) is 0 Å². The van der Waals surface area contributed by atoms with E-state index in [1.165, 1.54) is 40.9 Å². The Balaban J connectivity index is 1.78. The van der Waals surface area contributed by atoms with E-state index in [0.29, 0.717) is 11.8 Å². The van der Waals surface area contributed by atoms with Gasteiger partial charge in [-0.3, -0.25) is 14.4 Å². The number of benzene rings is 1. The van der Waals surface area contributed by atoms with Crippen molar-refractivity contribution >= 4 is 41.7 Å². The number of rotatable bonds is 7. The molecule has 2 aliphatic rings. The number of aldehydes is 1. The molecule has 30 heavy (non-hydrogen) atoms. The highest BCUT2D eigenvalue weighted by molar-refractivity contribution is 8.01. The summed E-state index contributed by atoms with van der Waals surface area (Å²) in [4.78, 5) is 60.8. The molecule has 0 aliphatic carbocycles. The largest absolute Gasteiger partial charge is 0.508 e. The van der Waals surface area contributed by atoms with Crippen molar-refractivity contribution in [3.05, 3.63) is 29.8 Å². The number of carbonyl (C=O) groups excluding carboxylic acids is 4. The number of amides is 3. The SMILES string of the molecule is CC1(C)S[C@@H]2[C@H](NC(=O)C(NC(=O)CC=O)c3ccc(O)cc3)C(=O)N2[C@H]1C(=O)O. The molecule has 160 valence electrons. The van der Waals surface area contributed by atoms with E-state index in [0.717, 1.165) is 0 Å². The molecule has 1 aromatic rings. The van der Waals surface area contributed by atoms with E-state index in [4.69, 9.17) is 0 Å². The van der Waals surface area contributed by atoms with E-state index in [2.05, 4.69) is 10.6 Å². The molecule has 0 spiro atoms. The van der Waals surface area contributed by atoms with Crippen LogP contribution in [0.3, 0.4) is 0 Å². The lowest BCUT2D eigenvalue weighted by molar-refractivity contribution is -0.161. The van der Waals surface area contributed by atoms with Gasteiger partial charge in [0, 0.05) is 4.75 Å². The third kappa shape index (κ3) is 3.84. The molecule has 3 amide bonds. The zero-order valence-electron chi connectivity index (χ0n) is 16.2. The van der Waals surface area contributed by atoms with Crippen LogP contribution >= 0.6 is 11.8 Å². The summed E-state index contributed by atoms with van der Waals surface area (Å²) in [5, 5.41) is 23.4. The highest BCUT2D eigenvalue weighted by Gasteiger charge is 2.64. The van der Waals surface area contributed by atoms with Gasteiger partial charge in [0.05, 0.1) is 6.42 Å². The summed E-state index contributed by atoms with van der Waals surface area (Å²) in [6.07, 6.45) is -0.0390. The fourth-order valence-corrected chi connectivity index (χ4v) is 5.27. The lowest BCUT2D eigenvalue weighted by Crippen LogP contribution is -2.71. The Kier molecular flexibility index (Phi) is 5.75. The van der Waals surface area contributed by atoms with Crippen LogP contribution in [-0.4, -0.2) is 67.3 Å². The van der Waals surface area contributed by atoms with E-state index < -0.39 is 58.4 Å². The maximum atomic E-state index is 12.9. The van der Waals surface area contributed by atoms with E-state index in [1.807, 2.05) is 0 Å². The number of aliphatic carboxylic acids is 1. The molecule has 10 nitrogen and oxygen atoms in total. The number of phenolic OH excluding ortho intramolecular Hbond substituents is 1. The predicted molar refractivity (Wildman–Crippen MR) is 105 cm³/mol. The van der Waals surface area contributed by atoms with Crippen LogP contribution in [0.4, 0.5) is 0 Å². The minimum atomic E-state index is -1.20. The number of carboxylic acid groups (broad SMARTS) is 1. The summed E-state index contributed by atoms with van der Waals surface area (Å²) >= 11 is 1.28. The van der Waals surface area contributed by atoms with Crippen LogP contribution in [0.2, 0.25) is 0 Å². The van der Waals surface area contributed by atoms with Crippen molar-refractivity contribution in [2.45, 2.75) is 48.5 Å². The van der Waals surface area contributed by atoms with Crippen LogP contribution in [0.15, 0.2) is 24.3 Å². The smallest absolute Gasteiger partial charge is 0.327 e. The molecule has 4 N–H and O–H groups in total. The van der Waals surface area contributed by atoms with Crippen molar-refractivity contribution in [2.75, 3.05) is 0 Å². The van der Waals surface area contributed by atoms with Gasteiger partial charge in [0.1, 0.15) is 35.5 Å². The number of aromatic hydroxyl groups is 1. The third-order valence-electron chi connectivity index (χ3n) is 5.04. The molecule has 0 saturated carbocycles. The van der Waals surface area contributed by atoms with Gasteiger partial charge >= 0.3 is 5.97 Å². The Morgan fingerprint density at radius 2 is 1.90 bits per heavy atom. The molecule has 0 aromatic heterocycles. The molecule has 2 fully saturated rings. The van der Waals surface area contributed by atoms with Crippen molar-refractivity contribution in [3.63, 3.8) is 0 Å². The molecule has 11 heteroatoms. The van der Waals surface area contributed by atoms with Gasteiger partial charge in [-0.15, -0.1) is 11.8 Å². The summed E-state index contributed by atoms with van der Waals surface area (Å²) in [6.45, 7) is 3.44. The number of β-lactam (4-membered cyclic amide) rings is 1. The summed E-state index contributed by atoms with van der Waals surface area (Å²) < 4.78 is -0.736. The van der Waals surface area contributed by atoms with Gasteiger partial charge in [-0.1, -0.05) is 12.1 Å². The molecular weight excluding hydrogens is 414 g/mol. The lowest BCUT2D eigenvalue weighted by atomic mass is 9.95. The second kappa shape index (κ2) is 7.98. The number of thioether (sulfide) groups is 1. The van der Waals surface area contributed by atoms with Crippen molar-refractivity contribution in [3.8, 4) is 5.75 Å². The molecule has 3 rings (SSSR count). The summed E-state index contributed by atoms with van der Waals surface area (Å²) in [5.74, 6) is -3.03. The summed E-state index contributed by atoms with van der Waals surface area (Å²) in [5.41, 5.74) is 0.344. The topological polar surface area (TPSA) is 153 Å². The second-order valence-corrected chi connectivity index (χ2v) is 9.32. The lowest BCUT2D eigenvalue weighted by Gasteiger charge is -2.44. The first-order valence-corrected chi connectivity index (χ1v) is 10.00. The molecule has 4 atom stereocenters. The van der Waals surface area contributed by atoms with Crippen LogP contribution < -0.4 is 10.6 Å². The van der Waals surface area contributed by atoms with Gasteiger partial charge in [-0.05, 0) is 31.5 Å². The Morgan fingerprint density at radius 1 is 1.27 bits per heavy atom. The molecule has 1 unspecified atom stereocenters. The molecule has 2 saturated heterocycles. The number of phenols is 1. The standard InChI is InChI=1S/C19H21N3O7S/c1-19(2)14(18(28)29)22-16(27)13(17(22)30-19)21-15(26)12(20-11(25)7-8-23)9-3-5-10(24)6-4-9/h3-6,8,12-14,17,24H,7H2,1-2H3,(H,20,25)(H,21,26)(H,28,29)/t12?,13-,14+,17-/m1/s1. The van der Waals surface area contributed by atoms with E-state index >= 15 is 0 Å². The fraction of sp³-hybridized carbons (Fsp3) is 0.421. The number of nitrogens with one attached hydrogen (secondary N) is 2. The Bertz CT molecular complexity index is 902. The first-order chi connectivity index (χ1) is 14.1. The second-order valence-electron chi connectivity index (χ2n) is 7.55. The number of carboxylic acids is 1. The maximum absolute atomic E-state index is 12.9. The molecule has 0 radical (unpaired) electrons. The minimum Gasteiger partial charge on any atom is -0.508 e. The molecule has 0 bridgehead atoms. The average Bonchev–Trinajstić information content (AvgIpc) is 2.93. The van der Waals surface area contributed by atoms with Gasteiger partial charge in [-0.2, -0.15) is 0 Å². The van der Waals surface area contributed by atoms with E-state index in [1.54, 1.807) is 13.8 Å². The maximum Gasteiger partial charge on any atom is 0.327 e. The first kappa shape index (κ1) is 21.6. The van der Waals surface area contributed by atoms with Gasteiger partial charge in [-0.25, -0.2) is 4.79 Å². The van der Waals surface area contributed by atoms with Crippen molar-refractivity contribution in [1.29, 1.82) is 0 Å². The molecular formula is C19H21N3O7S. The number of fused-ring (bicyclic) bond motifs is 1. The van der Waals surface area contributed by atoms with Crippen LogP contribution in [-0.2, 0) is 24.0 Å². The van der Waals surface area contributed by atoms with E-state index in [-0.39, 0.29) is 5.75 Å². The van der Waals surface area contributed by atoms with Crippen molar-refractivity contribution in [1.82, 2.24) is 15.5 Å². The van der Waals surface area contributed by atoms with Gasteiger partial charge in [0.15, 0.2) is 0 Å². The zero-order valence-corrected chi connectivity index (χ0v) is 17.0.